The molecule has 4 nitrogen and oxygen atoms in total. The van der Waals surface area contributed by atoms with Crippen LogP contribution in [0.25, 0.3) is 0 Å². The minimum Gasteiger partial charge on any atom is -0.317 e. The van der Waals surface area contributed by atoms with Gasteiger partial charge in [0.05, 0.1) is 5.69 Å². The van der Waals surface area contributed by atoms with Gasteiger partial charge in [-0.15, -0.1) is 0 Å². The normalized spacial score (nSPS) is 16.2. The van der Waals surface area contributed by atoms with Crippen LogP contribution < -0.4 is 4.90 Å². The molecule has 0 fully saturated rings. The molecule has 1 unspecified atom stereocenters. The van der Waals surface area contributed by atoms with Gasteiger partial charge < -0.3 is 4.57 Å². The van der Waals surface area contributed by atoms with Crippen molar-refractivity contribution < 1.29 is 4.79 Å². The summed E-state index contributed by atoms with van der Waals surface area (Å²) in [6.07, 6.45) is 0. The summed E-state index contributed by atoms with van der Waals surface area (Å²) in [5.74, 6) is -0.142. The Morgan fingerprint density at radius 1 is 1.11 bits per heavy atom. The van der Waals surface area contributed by atoms with Crippen molar-refractivity contribution in [1.29, 1.82) is 0 Å². The van der Waals surface area contributed by atoms with Crippen molar-refractivity contribution in [1.82, 2.24) is 9.55 Å². The molecular weight excluding hydrogens is 461 g/mol. The van der Waals surface area contributed by atoms with Gasteiger partial charge in [-0.25, -0.2) is 4.98 Å². The molecule has 28 heavy (non-hydrogen) atoms. The zero-order valence-electron chi connectivity index (χ0n) is 15.6. The van der Waals surface area contributed by atoms with Crippen molar-refractivity contribution >= 4 is 50.7 Å². The maximum Gasteiger partial charge on any atom is 0.279 e. The summed E-state index contributed by atoms with van der Waals surface area (Å²) in [5, 5.41) is 1.24. The standard InChI is InChI=1S/C21H18BrCl2N3O/c1-11(2)26-19-17(25-21(26)22)20(28)27(15-6-4-5-13(23)10-15)18(19)16-8-7-14(24)9-12(16)3/h4-11,18H,1-3H3. The number of hydrogen-bond acceptors (Lipinski definition) is 2. The number of benzene rings is 2. The molecule has 1 amide bonds. The van der Waals surface area contributed by atoms with E-state index in [1.165, 1.54) is 0 Å². The minimum absolute atomic E-state index is 0.132. The van der Waals surface area contributed by atoms with E-state index in [-0.39, 0.29) is 18.0 Å². The van der Waals surface area contributed by atoms with E-state index >= 15 is 0 Å². The molecule has 0 saturated carbocycles. The highest BCUT2D eigenvalue weighted by atomic mass is 79.9. The number of imidazole rings is 1. The van der Waals surface area contributed by atoms with Gasteiger partial charge in [-0.2, -0.15) is 0 Å². The Balaban J connectivity index is 2.00. The van der Waals surface area contributed by atoms with E-state index in [0.29, 0.717) is 20.5 Å². The highest BCUT2D eigenvalue weighted by molar-refractivity contribution is 9.10. The Bertz CT molecular complexity index is 1090. The predicted octanol–water partition coefficient (Wildman–Crippen LogP) is 6.59. The molecule has 144 valence electrons. The van der Waals surface area contributed by atoms with Crippen molar-refractivity contribution in [3.8, 4) is 0 Å². The summed E-state index contributed by atoms with van der Waals surface area (Å²) in [5.41, 5.74) is 4.09. The molecule has 2 aromatic carbocycles. The van der Waals surface area contributed by atoms with Gasteiger partial charge in [0.25, 0.3) is 5.91 Å². The molecule has 0 bridgehead atoms. The van der Waals surface area contributed by atoms with Crippen molar-refractivity contribution in [3.63, 3.8) is 0 Å². The zero-order chi connectivity index (χ0) is 20.2. The van der Waals surface area contributed by atoms with Crippen molar-refractivity contribution in [2.75, 3.05) is 4.90 Å². The van der Waals surface area contributed by atoms with Crippen LogP contribution in [-0.2, 0) is 0 Å². The van der Waals surface area contributed by atoms with Gasteiger partial charge in [0.1, 0.15) is 6.04 Å². The molecule has 0 saturated heterocycles. The predicted molar refractivity (Wildman–Crippen MR) is 117 cm³/mol. The third-order valence-corrected chi connectivity index (χ3v) is 6.00. The summed E-state index contributed by atoms with van der Waals surface area (Å²) >= 11 is 15.9. The lowest BCUT2D eigenvalue weighted by molar-refractivity contribution is 0.0989. The van der Waals surface area contributed by atoms with Crippen LogP contribution in [0.4, 0.5) is 5.69 Å². The molecule has 2 heterocycles. The third kappa shape index (κ3) is 3.06. The summed E-state index contributed by atoms with van der Waals surface area (Å²) in [6, 6.07) is 12.9. The van der Waals surface area contributed by atoms with E-state index in [2.05, 4.69) is 39.3 Å². The van der Waals surface area contributed by atoms with Crippen LogP contribution in [0.5, 0.6) is 0 Å². The first kappa shape index (κ1) is 19.5. The van der Waals surface area contributed by atoms with E-state index in [0.717, 1.165) is 22.5 Å². The van der Waals surface area contributed by atoms with Crippen LogP contribution in [0.1, 0.15) is 53.2 Å². The fraction of sp³-hybridized carbons (Fsp3) is 0.238. The Morgan fingerprint density at radius 2 is 1.82 bits per heavy atom. The number of rotatable bonds is 3. The molecule has 3 aromatic rings. The fourth-order valence-corrected chi connectivity index (χ4v) is 4.99. The fourth-order valence-electron chi connectivity index (χ4n) is 3.80. The number of amides is 1. The van der Waals surface area contributed by atoms with Gasteiger partial charge in [0, 0.05) is 21.8 Å². The SMILES string of the molecule is Cc1cc(Cl)ccc1C1c2c(nc(Br)n2C(C)C)C(=O)N1c1cccc(Cl)c1. The molecule has 1 aliphatic heterocycles. The molecule has 1 aliphatic rings. The van der Waals surface area contributed by atoms with Gasteiger partial charge in [-0.3, -0.25) is 9.69 Å². The van der Waals surface area contributed by atoms with Gasteiger partial charge >= 0.3 is 0 Å². The number of carbonyl (C=O) groups is 1. The van der Waals surface area contributed by atoms with E-state index in [1.807, 2.05) is 37.3 Å². The summed E-state index contributed by atoms with van der Waals surface area (Å²) < 4.78 is 2.72. The Labute approximate surface area is 182 Å². The van der Waals surface area contributed by atoms with E-state index in [9.17, 15) is 4.79 Å². The first-order chi connectivity index (χ1) is 13.3. The smallest absolute Gasteiger partial charge is 0.279 e. The van der Waals surface area contributed by atoms with Crippen LogP contribution >= 0.6 is 39.1 Å². The van der Waals surface area contributed by atoms with E-state index in [4.69, 9.17) is 23.2 Å². The van der Waals surface area contributed by atoms with Crippen LogP contribution in [-0.4, -0.2) is 15.5 Å². The molecule has 0 aliphatic carbocycles. The monoisotopic (exact) mass is 477 g/mol. The first-order valence-corrected chi connectivity index (χ1v) is 10.5. The van der Waals surface area contributed by atoms with Crippen LogP contribution in [0.3, 0.4) is 0 Å². The quantitative estimate of drug-likeness (QED) is 0.425. The highest BCUT2D eigenvalue weighted by Crippen LogP contribution is 2.45. The van der Waals surface area contributed by atoms with E-state index < -0.39 is 0 Å². The maximum atomic E-state index is 13.4. The lowest BCUT2D eigenvalue weighted by atomic mass is 9.98. The minimum atomic E-state index is -0.320. The number of hydrogen-bond donors (Lipinski definition) is 0. The van der Waals surface area contributed by atoms with Crippen molar-refractivity contribution in [3.05, 3.63) is 79.8 Å². The second-order valence-corrected chi connectivity index (χ2v) is 8.72. The number of carbonyl (C=O) groups excluding carboxylic acids is 1. The molecule has 0 N–H and O–H groups in total. The van der Waals surface area contributed by atoms with Crippen LogP contribution in [0.2, 0.25) is 10.0 Å². The lowest BCUT2D eigenvalue weighted by Gasteiger charge is -2.29. The second-order valence-electron chi connectivity index (χ2n) is 7.14. The Hall–Kier alpha value is -1.82. The maximum absolute atomic E-state index is 13.4. The molecule has 0 spiro atoms. The van der Waals surface area contributed by atoms with E-state index in [1.54, 1.807) is 17.0 Å². The average Bonchev–Trinajstić information content (AvgIpc) is 3.09. The Morgan fingerprint density at radius 3 is 2.46 bits per heavy atom. The summed E-state index contributed by atoms with van der Waals surface area (Å²) in [6.45, 7) is 6.15. The van der Waals surface area contributed by atoms with Crippen molar-refractivity contribution in [2.45, 2.75) is 32.9 Å². The molecule has 7 heteroatoms. The summed E-state index contributed by atoms with van der Waals surface area (Å²) in [4.78, 5) is 19.7. The third-order valence-electron chi connectivity index (χ3n) is 4.97. The Kier molecular flexibility index (Phi) is 5.02. The number of aromatic nitrogens is 2. The number of aryl methyl sites for hydroxylation is 1. The zero-order valence-corrected chi connectivity index (χ0v) is 18.7. The average molecular weight is 479 g/mol. The van der Waals surface area contributed by atoms with Crippen molar-refractivity contribution in [2.24, 2.45) is 0 Å². The topological polar surface area (TPSA) is 38.1 Å². The largest absolute Gasteiger partial charge is 0.317 e. The molecule has 4 rings (SSSR count). The number of halogens is 3. The first-order valence-electron chi connectivity index (χ1n) is 8.92. The number of anilines is 1. The molecule has 1 aromatic heterocycles. The van der Waals surface area contributed by atoms with Gasteiger partial charge in [-0.1, -0.05) is 35.3 Å². The highest BCUT2D eigenvalue weighted by Gasteiger charge is 2.44. The lowest BCUT2D eigenvalue weighted by Crippen LogP contribution is -2.30. The molecular formula is C21H18BrCl2N3O. The number of nitrogens with zero attached hydrogens (tertiary/aromatic N) is 3. The van der Waals surface area contributed by atoms with Crippen LogP contribution in [0.15, 0.2) is 47.2 Å². The number of fused-ring (bicyclic) bond motifs is 1. The van der Waals surface area contributed by atoms with Crippen LogP contribution in [0, 0.1) is 6.92 Å². The van der Waals surface area contributed by atoms with Gasteiger partial charge in [0.2, 0.25) is 0 Å². The summed E-state index contributed by atoms with van der Waals surface area (Å²) in [7, 11) is 0. The second kappa shape index (κ2) is 7.21. The molecule has 1 atom stereocenters. The molecule has 0 radical (unpaired) electrons. The van der Waals surface area contributed by atoms with Gasteiger partial charge in [-0.05, 0) is 78.2 Å². The van der Waals surface area contributed by atoms with Gasteiger partial charge in [0.15, 0.2) is 10.4 Å².